The summed E-state index contributed by atoms with van der Waals surface area (Å²) in [6.45, 7) is 3.12. The molecule has 1 fully saturated rings. The zero-order chi connectivity index (χ0) is 27.4. The molecule has 2 aromatic carbocycles. The van der Waals surface area contributed by atoms with Gasteiger partial charge in [0.1, 0.15) is 6.04 Å². The number of ether oxygens (including phenoxy) is 1. The first-order valence-electron chi connectivity index (χ1n) is 11.7. The van der Waals surface area contributed by atoms with Crippen LogP contribution < -0.4 is 10.2 Å². The Morgan fingerprint density at radius 1 is 1.08 bits per heavy atom. The van der Waals surface area contributed by atoms with E-state index in [4.69, 9.17) is 4.74 Å². The predicted octanol–water partition coefficient (Wildman–Crippen LogP) is 3.41. The molecule has 2 heterocycles. The normalized spacial score (nSPS) is 15.7. The van der Waals surface area contributed by atoms with Gasteiger partial charge in [-0.05, 0) is 66.9 Å². The molecule has 198 valence electrons. The molecule has 38 heavy (non-hydrogen) atoms. The third-order valence-corrected chi connectivity index (χ3v) is 8.51. The number of hydrogen-bond donors (Lipinski definition) is 1. The van der Waals surface area contributed by atoms with Crippen LogP contribution in [0.2, 0.25) is 0 Å². The number of hydrogen-bond acceptors (Lipinski definition) is 8. The molecule has 0 bridgehead atoms. The SMILES string of the molecule is CCOC(=O)c1ccc(N2C(=O)CC(N(Cc3cccs3)S(=O)(=O)c3ccc(NC(C)=O)cc3)C2=O)cc1. The van der Waals surface area contributed by atoms with Crippen molar-refractivity contribution in [3.63, 3.8) is 0 Å². The van der Waals surface area contributed by atoms with Gasteiger partial charge in [0.2, 0.25) is 21.8 Å². The molecule has 10 nitrogen and oxygen atoms in total. The van der Waals surface area contributed by atoms with Gasteiger partial charge < -0.3 is 10.1 Å². The van der Waals surface area contributed by atoms with Crippen LogP contribution in [0.4, 0.5) is 11.4 Å². The molecule has 1 unspecified atom stereocenters. The Morgan fingerprint density at radius 2 is 1.76 bits per heavy atom. The fraction of sp³-hybridized carbons (Fsp3) is 0.231. The van der Waals surface area contributed by atoms with Crippen LogP contribution in [0, 0.1) is 0 Å². The summed E-state index contributed by atoms with van der Waals surface area (Å²) < 4.78 is 33.5. The van der Waals surface area contributed by atoms with Crippen LogP contribution in [-0.4, -0.2) is 49.1 Å². The van der Waals surface area contributed by atoms with E-state index in [0.29, 0.717) is 10.6 Å². The maximum absolute atomic E-state index is 13.8. The first-order valence-corrected chi connectivity index (χ1v) is 14.0. The minimum atomic E-state index is -4.23. The largest absolute Gasteiger partial charge is 0.462 e. The van der Waals surface area contributed by atoms with E-state index in [9.17, 15) is 27.6 Å². The van der Waals surface area contributed by atoms with Gasteiger partial charge in [-0.15, -0.1) is 11.3 Å². The standard InChI is InChI=1S/C26H25N3O7S2/c1-3-36-26(33)18-6-10-20(11-7-18)29-24(31)15-23(25(29)32)28(16-21-5-4-14-37-21)38(34,35)22-12-8-19(9-13-22)27-17(2)30/h4-14,23H,3,15-16H2,1-2H3,(H,27,30). The van der Waals surface area contributed by atoms with Crippen molar-refractivity contribution in [3.05, 3.63) is 76.5 Å². The lowest BCUT2D eigenvalue weighted by molar-refractivity contribution is -0.122. The first-order chi connectivity index (χ1) is 18.1. The number of nitrogens with one attached hydrogen (secondary N) is 1. The fourth-order valence-corrected chi connectivity index (χ4v) is 6.38. The maximum Gasteiger partial charge on any atom is 0.338 e. The highest BCUT2D eigenvalue weighted by Crippen LogP contribution is 2.32. The summed E-state index contributed by atoms with van der Waals surface area (Å²) in [4.78, 5) is 51.3. The summed E-state index contributed by atoms with van der Waals surface area (Å²) in [6, 6.07) is 13.6. The number of sulfonamides is 1. The highest BCUT2D eigenvalue weighted by molar-refractivity contribution is 7.89. The summed E-state index contributed by atoms with van der Waals surface area (Å²) in [7, 11) is -4.23. The quantitative estimate of drug-likeness (QED) is 0.316. The van der Waals surface area contributed by atoms with Crippen molar-refractivity contribution in [2.75, 3.05) is 16.8 Å². The topological polar surface area (TPSA) is 130 Å². The number of amides is 3. The van der Waals surface area contributed by atoms with Crippen LogP contribution in [0.15, 0.2) is 70.9 Å². The Balaban J connectivity index is 1.65. The number of rotatable bonds is 9. The molecular formula is C26H25N3O7S2. The number of anilines is 2. The molecule has 3 aromatic rings. The Kier molecular flexibility index (Phi) is 8.05. The lowest BCUT2D eigenvalue weighted by atomic mass is 10.2. The van der Waals surface area contributed by atoms with Crippen LogP contribution >= 0.6 is 11.3 Å². The van der Waals surface area contributed by atoms with Crippen molar-refractivity contribution >= 4 is 56.4 Å². The van der Waals surface area contributed by atoms with Gasteiger partial charge in [0.15, 0.2) is 0 Å². The van der Waals surface area contributed by atoms with Gasteiger partial charge in [0.25, 0.3) is 5.91 Å². The van der Waals surface area contributed by atoms with Crippen LogP contribution in [0.25, 0.3) is 0 Å². The number of thiophene rings is 1. The van der Waals surface area contributed by atoms with E-state index in [2.05, 4.69) is 5.32 Å². The van der Waals surface area contributed by atoms with E-state index in [1.165, 1.54) is 66.8 Å². The third kappa shape index (κ3) is 5.67. The van der Waals surface area contributed by atoms with E-state index in [0.717, 1.165) is 9.21 Å². The molecule has 1 atom stereocenters. The summed E-state index contributed by atoms with van der Waals surface area (Å²) in [5.74, 6) is -2.08. The Bertz CT molecular complexity index is 1450. The summed E-state index contributed by atoms with van der Waals surface area (Å²) in [5.41, 5.74) is 0.908. The van der Waals surface area contributed by atoms with Crippen LogP contribution in [0.5, 0.6) is 0 Å². The van der Waals surface area contributed by atoms with Gasteiger partial charge in [-0.2, -0.15) is 4.31 Å². The van der Waals surface area contributed by atoms with Crippen molar-refractivity contribution in [3.8, 4) is 0 Å². The molecule has 1 N–H and O–H groups in total. The monoisotopic (exact) mass is 555 g/mol. The number of imide groups is 1. The molecule has 3 amide bonds. The number of carbonyl (C=O) groups is 4. The molecular weight excluding hydrogens is 530 g/mol. The lowest BCUT2D eigenvalue weighted by Gasteiger charge is -2.26. The highest BCUT2D eigenvalue weighted by Gasteiger charge is 2.47. The van der Waals surface area contributed by atoms with Gasteiger partial charge in [0, 0.05) is 24.0 Å². The van der Waals surface area contributed by atoms with Crippen molar-refractivity contribution in [2.45, 2.75) is 37.8 Å². The zero-order valence-electron chi connectivity index (χ0n) is 20.6. The number of nitrogens with zero attached hydrogens (tertiary/aromatic N) is 2. The molecule has 1 aromatic heterocycles. The highest BCUT2D eigenvalue weighted by atomic mass is 32.2. The van der Waals surface area contributed by atoms with Gasteiger partial charge in [-0.25, -0.2) is 18.1 Å². The molecule has 0 saturated carbocycles. The van der Waals surface area contributed by atoms with Gasteiger partial charge >= 0.3 is 5.97 Å². The molecule has 1 saturated heterocycles. The molecule has 1 aliphatic heterocycles. The van der Waals surface area contributed by atoms with Crippen molar-refractivity contribution in [2.24, 2.45) is 0 Å². The van der Waals surface area contributed by atoms with Crippen LogP contribution in [-0.2, 0) is 35.7 Å². The number of esters is 1. The molecule has 1 aliphatic rings. The van der Waals surface area contributed by atoms with E-state index >= 15 is 0 Å². The van der Waals surface area contributed by atoms with Gasteiger partial charge in [-0.3, -0.25) is 14.4 Å². The Hall–Kier alpha value is -3.87. The van der Waals surface area contributed by atoms with E-state index in [-0.39, 0.29) is 41.6 Å². The third-order valence-electron chi connectivity index (χ3n) is 5.78. The second-order valence-electron chi connectivity index (χ2n) is 8.39. The van der Waals surface area contributed by atoms with Gasteiger partial charge in [0.05, 0.1) is 29.2 Å². The van der Waals surface area contributed by atoms with Crippen LogP contribution in [0.1, 0.15) is 35.5 Å². The summed E-state index contributed by atoms with van der Waals surface area (Å²) in [5, 5.41) is 4.37. The Morgan fingerprint density at radius 3 is 2.34 bits per heavy atom. The first kappa shape index (κ1) is 27.2. The summed E-state index contributed by atoms with van der Waals surface area (Å²) in [6.07, 6.45) is -0.340. The van der Waals surface area contributed by atoms with Crippen molar-refractivity contribution < 1.29 is 32.3 Å². The van der Waals surface area contributed by atoms with Gasteiger partial charge in [-0.1, -0.05) is 6.07 Å². The number of carbonyl (C=O) groups excluding carboxylic acids is 4. The smallest absolute Gasteiger partial charge is 0.338 e. The maximum atomic E-state index is 13.8. The van der Waals surface area contributed by atoms with E-state index in [1.807, 2.05) is 0 Å². The fourth-order valence-electron chi connectivity index (χ4n) is 4.04. The Labute approximate surface area is 223 Å². The second-order valence-corrected chi connectivity index (χ2v) is 11.3. The summed E-state index contributed by atoms with van der Waals surface area (Å²) >= 11 is 1.33. The minimum Gasteiger partial charge on any atom is -0.462 e. The van der Waals surface area contributed by atoms with Crippen molar-refractivity contribution in [1.29, 1.82) is 0 Å². The molecule has 4 rings (SSSR count). The molecule has 0 aliphatic carbocycles. The second kappa shape index (κ2) is 11.3. The molecule has 0 spiro atoms. The lowest BCUT2D eigenvalue weighted by Crippen LogP contribution is -2.44. The van der Waals surface area contributed by atoms with Crippen molar-refractivity contribution in [1.82, 2.24) is 4.31 Å². The van der Waals surface area contributed by atoms with E-state index < -0.39 is 33.8 Å². The zero-order valence-corrected chi connectivity index (χ0v) is 22.3. The van der Waals surface area contributed by atoms with E-state index in [1.54, 1.807) is 24.4 Å². The number of benzene rings is 2. The predicted molar refractivity (Wildman–Crippen MR) is 141 cm³/mol. The van der Waals surface area contributed by atoms with Crippen LogP contribution in [0.3, 0.4) is 0 Å². The molecule has 0 radical (unpaired) electrons. The average Bonchev–Trinajstić information content (AvgIpc) is 3.50. The average molecular weight is 556 g/mol. The molecule has 12 heteroatoms. The minimum absolute atomic E-state index is 0.0827.